The molecular weight excluding hydrogens is 332 g/mol. The molecule has 0 amide bonds. The second-order valence-electron chi connectivity index (χ2n) is 6.34. The van der Waals surface area contributed by atoms with E-state index in [-0.39, 0.29) is 6.10 Å². The molecule has 1 aromatic carbocycles. The Kier molecular flexibility index (Phi) is 6.12. The van der Waals surface area contributed by atoms with E-state index in [1.807, 2.05) is 38.1 Å². The number of nitrogens with zero attached hydrogens (tertiary/aromatic N) is 3. The fourth-order valence-electron chi connectivity index (χ4n) is 2.76. The van der Waals surface area contributed by atoms with Crippen molar-refractivity contribution in [1.82, 2.24) is 9.97 Å². The first-order valence-corrected chi connectivity index (χ1v) is 8.89. The summed E-state index contributed by atoms with van der Waals surface area (Å²) >= 11 is 0. The molecule has 0 atom stereocenters. The third-order valence-corrected chi connectivity index (χ3v) is 4.02. The average molecular weight is 358 g/mol. The lowest BCUT2D eigenvalue weighted by Gasteiger charge is -2.27. The Labute approximate surface area is 154 Å². The van der Waals surface area contributed by atoms with E-state index in [2.05, 4.69) is 20.2 Å². The largest absolute Gasteiger partial charge is 0.493 e. The fraction of sp³-hybridized carbons (Fsp3) is 0.474. The summed E-state index contributed by atoms with van der Waals surface area (Å²) < 4.78 is 16.6. The highest BCUT2D eigenvalue weighted by Crippen LogP contribution is 2.29. The number of anilines is 2. The Hall–Kier alpha value is -2.54. The molecule has 7 heteroatoms. The van der Waals surface area contributed by atoms with Crippen molar-refractivity contribution in [2.75, 3.05) is 43.6 Å². The lowest BCUT2D eigenvalue weighted by atomic mass is 10.2. The summed E-state index contributed by atoms with van der Waals surface area (Å²) in [5, 5.41) is 3.28. The van der Waals surface area contributed by atoms with E-state index in [0.29, 0.717) is 12.5 Å². The average Bonchev–Trinajstić information content (AvgIpc) is 2.67. The van der Waals surface area contributed by atoms with Gasteiger partial charge in [0.25, 0.3) is 0 Å². The van der Waals surface area contributed by atoms with Gasteiger partial charge in [0.05, 0.1) is 26.4 Å². The maximum atomic E-state index is 5.75. The number of rotatable bonds is 7. The molecule has 0 radical (unpaired) electrons. The van der Waals surface area contributed by atoms with Crippen LogP contribution in [0.1, 0.15) is 19.4 Å². The molecule has 1 aliphatic rings. The predicted molar refractivity (Wildman–Crippen MR) is 101 cm³/mol. The first kappa shape index (κ1) is 18.3. The van der Waals surface area contributed by atoms with Crippen molar-refractivity contribution in [3.05, 3.63) is 36.0 Å². The third kappa shape index (κ3) is 4.76. The second-order valence-corrected chi connectivity index (χ2v) is 6.34. The third-order valence-electron chi connectivity index (χ3n) is 4.02. The Balaban J connectivity index is 1.65. The molecule has 0 spiro atoms. The maximum absolute atomic E-state index is 5.75. The molecule has 26 heavy (non-hydrogen) atoms. The van der Waals surface area contributed by atoms with Crippen LogP contribution in [0.4, 0.5) is 11.8 Å². The zero-order valence-corrected chi connectivity index (χ0v) is 15.6. The van der Waals surface area contributed by atoms with Gasteiger partial charge in [0, 0.05) is 25.8 Å². The Morgan fingerprint density at radius 1 is 1.19 bits per heavy atom. The van der Waals surface area contributed by atoms with Crippen molar-refractivity contribution in [1.29, 1.82) is 0 Å². The zero-order chi connectivity index (χ0) is 18.4. The summed E-state index contributed by atoms with van der Waals surface area (Å²) in [6.45, 7) is 7.76. The number of methoxy groups -OCH3 is 1. The molecule has 3 rings (SSSR count). The Morgan fingerprint density at radius 2 is 2.00 bits per heavy atom. The normalized spacial score (nSPS) is 14.4. The van der Waals surface area contributed by atoms with E-state index >= 15 is 0 Å². The number of nitrogens with one attached hydrogen (secondary N) is 1. The predicted octanol–water partition coefficient (Wildman–Crippen LogP) is 2.72. The quantitative estimate of drug-likeness (QED) is 0.816. The molecule has 1 saturated heterocycles. The van der Waals surface area contributed by atoms with Crippen LogP contribution < -0.4 is 19.7 Å². The van der Waals surface area contributed by atoms with Gasteiger partial charge >= 0.3 is 0 Å². The second kappa shape index (κ2) is 8.71. The van der Waals surface area contributed by atoms with Crippen LogP contribution in [-0.4, -0.2) is 49.5 Å². The van der Waals surface area contributed by atoms with Crippen LogP contribution in [0, 0.1) is 0 Å². The molecule has 1 aliphatic heterocycles. The van der Waals surface area contributed by atoms with E-state index in [9.17, 15) is 0 Å². The molecule has 2 aromatic rings. The van der Waals surface area contributed by atoms with Gasteiger partial charge in [0.2, 0.25) is 5.95 Å². The number of hydrogen-bond acceptors (Lipinski definition) is 7. The SMILES string of the molecule is COc1cc(CNc2nccc(N3CCOCC3)n2)ccc1OC(C)C. The molecule has 0 aliphatic carbocycles. The van der Waals surface area contributed by atoms with Crippen molar-refractivity contribution in [3.63, 3.8) is 0 Å². The highest BCUT2D eigenvalue weighted by molar-refractivity contribution is 5.45. The summed E-state index contributed by atoms with van der Waals surface area (Å²) in [4.78, 5) is 11.1. The monoisotopic (exact) mass is 358 g/mol. The van der Waals surface area contributed by atoms with Crippen LogP contribution in [0.25, 0.3) is 0 Å². The summed E-state index contributed by atoms with van der Waals surface area (Å²) in [6, 6.07) is 7.84. The number of hydrogen-bond donors (Lipinski definition) is 1. The maximum Gasteiger partial charge on any atom is 0.224 e. The molecule has 1 aromatic heterocycles. The van der Waals surface area contributed by atoms with Gasteiger partial charge in [-0.05, 0) is 37.6 Å². The number of aromatic nitrogens is 2. The molecule has 1 fully saturated rings. The van der Waals surface area contributed by atoms with Crippen molar-refractivity contribution < 1.29 is 14.2 Å². The summed E-state index contributed by atoms with van der Waals surface area (Å²) in [6.07, 6.45) is 1.88. The summed E-state index contributed by atoms with van der Waals surface area (Å²) in [5.74, 6) is 3.00. The molecule has 1 N–H and O–H groups in total. The smallest absolute Gasteiger partial charge is 0.224 e. The summed E-state index contributed by atoms with van der Waals surface area (Å²) in [7, 11) is 1.65. The van der Waals surface area contributed by atoms with Crippen LogP contribution in [0.5, 0.6) is 11.5 Å². The van der Waals surface area contributed by atoms with E-state index in [1.54, 1.807) is 13.3 Å². The van der Waals surface area contributed by atoms with E-state index in [1.165, 1.54) is 0 Å². The molecule has 0 saturated carbocycles. The van der Waals surface area contributed by atoms with E-state index in [0.717, 1.165) is 49.2 Å². The van der Waals surface area contributed by atoms with Gasteiger partial charge < -0.3 is 24.4 Å². The zero-order valence-electron chi connectivity index (χ0n) is 15.6. The van der Waals surface area contributed by atoms with Crippen molar-refractivity contribution in [2.24, 2.45) is 0 Å². The first-order chi connectivity index (χ1) is 12.7. The van der Waals surface area contributed by atoms with Crippen LogP contribution in [0.15, 0.2) is 30.5 Å². The van der Waals surface area contributed by atoms with Gasteiger partial charge in [-0.15, -0.1) is 0 Å². The van der Waals surface area contributed by atoms with E-state index in [4.69, 9.17) is 14.2 Å². The minimum Gasteiger partial charge on any atom is -0.493 e. The molecule has 2 heterocycles. The van der Waals surface area contributed by atoms with Gasteiger partial charge in [-0.2, -0.15) is 4.98 Å². The van der Waals surface area contributed by atoms with Crippen molar-refractivity contribution >= 4 is 11.8 Å². The van der Waals surface area contributed by atoms with Crippen molar-refractivity contribution in [3.8, 4) is 11.5 Å². The molecular formula is C19H26N4O3. The first-order valence-electron chi connectivity index (χ1n) is 8.89. The lowest BCUT2D eigenvalue weighted by Crippen LogP contribution is -2.36. The lowest BCUT2D eigenvalue weighted by molar-refractivity contribution is 0.122. The highest BCUT2D eigenvalue weighted by atomic mass is 16.5. The minimum absolute atomic E-state index is 0.101. The van der Waals surface area contributed by atoms with Gasteiger partial charge in [0.1, 0.15) is 5.82 Å². The van der Waals surface area contributed by atoms with Gasteiger partial charge in [0.15, 0.2) is 11.5 Å². The van der Waals surface area contributed by atoms with Gasteiger partial charge in [-0.25, -0.2) is 4.98 Å². The topological polar surface area (TPSA) is 68.7 Å². The molecule has 0 unspecified atom stereocenters. The Morgan fingerprint density at radius 3 is 2.73 bits per heavy atom. The Bertz CT molecular complexity index is 718. The van der Waals surface area contributed by atoms with Gasteiger partial charge in [-0.1, -0.05) is 6.07 Å². The molecule has 0 bridgehead atoms. The summed E-state index contributed by atoms with van der Waals surface area (Å²) in [5.41, 5.74) is 1.07. The minimum atomic E-state index is 0.101. The number of ether oxygens (including phenoxy) is 3. The number of morpholine rings is 1. The van der Waals surface area contributed by atoms with Crippen LogP contribution in [0.2, 0.25) is 0 Å². The number of benzene rings is 1. The van der Waals surface area contributed by atoms with Crippen LogP contribution in [-0.2, 0) is 11.3 Å². The standard InChI is InChI=1S/C19H26N4O3/c1-14(2)26-16-5-4-15(12-17(16)24-3)13-21-19-20-7-6-18(22-19)23-8-10-25-11-9-23/h4-7,12,14H,8-11,13H2,1-3H3,(H,20,21,22). The fourth-order valence-corrected chi connectivity index (χ4v) is 2.76. The molecule has 140 valence electrons. The van der Waals surface area contributed by atoms with Crippen LogP contribution in [0.3, 0.4) is 0 Å². The van der Waals surface area contributed by atoms with Crippen molar-refractivity contribution in [2.45, 2.75) is 26.5 Å². The van der Waals surface area contributed by atoms with Gasteiger partial charge in [-0.3, -0.25) is 0 Å². The highest BCUT2D eigenvalue weighted by Gasteiger charge is 2.13. The van der Waals surface area contributed by atoms with Crippen LogP contribution >= 0.6 is 0 Å². The van der Waals surface area contributed by atoms with E-state index < -0.39 is 0 Å². The molecule has 7 nitrogen and oxygen atoms in total.